The van der Waals surface area contributed by atoms with Crippen LogP contribution in [-0.4, -0.2) is 0 Å². The largest absolute Gasteiger partial charge is 0.212 e. The Labute approximate surface area is 142 Å². The second-order valence-electron chi connectivity index (χ2n) is 7.22. The Bertz CT molecular complexity index is 970. The maximum absolute atomic E-state index is 13.9. The van der Waals surface area contributed by atoms with Crippen LogP contribution in [0.3, 0.4) is 0 Å². The van der Waals surface area contributed by atoms with Crippen LogP contribution in [0.2, 0.25) is 0 Å². The summed E-state index contributed by atoms with van der Waals surface area (Å²) in [6.45, 7) is 6.59. The monoisotopic (exact) mass is 318 g/mol. The summed E-state index contributed by atoms with van der Waals surface area (Å²) in [5, 5.41) is 0. The van der Waals surface area contributed by atoms with E-state index in [0.717, 1.165) is 11.1 Å². The molecule has 0 spiro atoms. The van der Waals surface area contributed by atoms with E-state index in [9.17, 15) is 4.39 Å². The lowest BCUT2D eigenvalue weighted by molar-refractivity contribution is -0.660. The molecular formula is C22H21FN+. The lowest BCUT2D eigenvalue weighted by Gasteiger charge is -2.22. The smallest absolute Gasteiger partial charge is 0.207 e. The number of nitrogens with zero attached hydrogens (tertiary/aromatic N) is 1. The van der Waals surface area contributed by atoms with Gasteiger partial charge in [0.25, 0.3) is 0 Å². The van der Waals surface area contributed by atoms with Crippen molar-refractivity contribution in [3.63, 3.8) is 0 Å². The van der Waals surface area contributed by atoms with Crippen LogP contribution < -0.4 is 4.57 Å². The molecule has 1 nitrogen and oxygen atoms in total. The number of hydrogen-bond donors (Lipinski definition) is 0. The van der Waals surface area contributed by atoms with E-state index in [-0.39, 0.29) is 11.2 Å². The number of hydrogen-bond acceptors (Lipinski definition) is 0. The zero-order valence-corrected chi connectivity index (χ0v) is 14.5. The first-order chi connectivity index (χ1) is 11.4. The zero-order valence-electron chi connectivity index (χ0n) is 14.5. The third kappa shape index (κ3) is 2.02. The second kappa shape index (κ2) is 5.01. The maximum atomic E-state index is 13.9. The van der Waals surface area contributed by atoms with Gasteiger partial charge in [0.2, 0.25) is 5.69 Å². The molecule has 0 N–H and O–H groups in total. The number of rotatable bonds is 1. The van der Waals surface area contributed by atoms with Gasteiger partial charge >= 0.3 is 0 Å². The Hall–Kier alpha value is -2.48. The average Bonchev–Trinajstić information content (AvgIpc) is 2.75. The molecule has 4 rings (SSSR count). The fraction of sp³-hybridized carbons (Fsp3) is 0.227. The maximum Gasteiger partial charge on any atom is 0.212 e. The van der Waals surface area contributed by atoms with Gasteiger partial charge in [-0.2, -0.15) is 0 Å². The molecule has 24 heavy (non-hydrogen) atoms. The molecule has 0 bridgehead atoms. The summed E-state index contributed by atoms with van der Waals surface area (Å²) in [6.07, 6.45) is 2.06. The lowest BCUT2D eigenvalue weighted by atomic mass is 9.81. The second-order valence-corrected chi connectivity index (χ2v) is 7.22. The summed E-state index contributed by atoms with van der Waals surface area (Å²) >= 11 is 0. The summed E-state index contributed by atoms with van der Waals surface area (Å²) in [7, 11) is 2.06. The normalized spacial score (nSPS) is 14.4. The molecule has 0 saturated carbocycles. The van der Waals surface area contributed by atoms with Crippen LogP contribution in [0.25, 0.3) is 22.4 Å². The minimum Gasteiger partial charge on any atom is -0.207 e. The van der Waals surface area contributed by atoms with Gasteiger partial charge in [-0.25, -0.2) is 8.96 Å². The molecule has 0 aliphatic heterocycles. The molecule has 2 heteroatoms. The SMILES string of the molecule is Cc1cc2c(cc1-c1cccc[n+]1C)-c1cc(F)ccc1C2(C)C. The third-order valence-electron chi connectivity index (χ3n) is 5.31. The fourth-order valence-electron chi connectivity index (χ4n) is 3.96. The van der Waals surface area contributed by atoms with Gasteiger partial charge in [0.15, 0.2) is 6.20 Å². The Morgan fingerprint density at radius 1 is 0.875 bits per heavy atom. The van der Waals surface area contributed by atoms with Crippen molar-refractivity contribution in [1.29, 1.82) is 0 Å². The first kappa shape index (κ1) is 15.1. The summed E-state index contributed by atoms with van der Waals surface area (Å²) in [6, 6.07) is 15.9. The van der Waals surface area contributed by atoms with Crippen molar-refractivity contribution in [1.82, 2.24) is 0 Å². The number of fused-ring (bicyclic) bond motifs is 3. The van der Waals surface area contributed by atoms with Gasteiger partial charge in [0.1, 0.15) is 12.9 Å². The highest BCUT2D eigenvalue weighted by Gasteiger charge is 2.36. The van der Waals surface area contributed by atoms with E-state index in [1.165, 1.54) is 27.9 Å². The van der Waals surface area contributed by atoms with Crippen LogP contribution in [0.4, 0.5) is 4.39 Å². The molecule has 3 aromatic rings. The minimum atomic E-state index is -0.176. The Kier molecular flexibility index (Phi) is 3.14. The Morgan fingerprint density at radius 2 is 1.62 bits per heavy atom. The van der Waals surface area contributed by atoms with Crippen molar-refractivity contribution in [3.8, 4) is 22.4 Å². The van der Waals surface area contributed by atoms with Crippen molar-refractivity contribution in [2.75, 3.05) is 0 Å². The van der Waals surface area contributed by atoms with Crippen molar-refractivity contribution < 1.29 is 8.96 Å². The highest BCUT2D eigenvalue weighted by Crippen LogP contribution is 2.50. The topological polar surface area (TPSA) is 3.88 Å². The van der Waals surface area contributed by atoms with Crippen LogP contribution in [-0.2, 0) is 12.5 Å². The quantitative estimate of drug-likeness (QED) is 0.560. The van der Waals surface area contributed by atoms with E-state index in [1.54, 1.807) is 12.1 Å². The molecule has 1 aliphatic carbocycles. The Morgan fingerprint density at radius 3 is 2.38 bits per heavy atom. The van der Waals surface area contributed by atoms with E-state index in [2.05, 4.69) is 62.8 Å². The minimum absolute atomic E-state index is 0.0967. The van der Waals surface area contributed by atoms with Crippen molar-refractivity contribution >= 4 is 0 Å². The molecule has 120 valence electrons. The van der Waals surface area contributed by atoms with E-state index >= 15 is 0 Å². The van der Waals surface area contributed by atoms with E-state index in [4.69, 9.17) is 0 Å². The number of aryl methyl sites for hydroxylation is 2. The molecule has 1 aromatic heterocycles. The molecule has 1 aliphatic rings. The number of pyridine rings is 1. The van der Waals surface area contributed by atoms with E-state index < -0.39 is 0 Å². The average molecular weight is 318 g/mol. The highest BCUT2D eigenvalue weighted by atomic mass is 19.1. The summed E-state index contributed by atoms with van der Waals surface area (Å²) in [5.41, 5.74) is 8.17. The van der Waals surface area contributed by atoms with Crippen LogP contribution in [0.5, 0.6) is 0 Å². The van der Waals surface area contributed by atoms with Gasteiger partial charge in [-0.05, 0) is 59.0 Å². The molecule has 0 radical (unpaired) electrons. The third-order valence-corrected chi connectivity index (χ3v) is 5.31. The molecule has 0 amide bonds. The summed E-state index contributed by atoms with van der Waals surface area (Å²) in [4.78, 5) is 0. The molecule has 0 atom stereocenters. The summed E-state index contributed by atoms with van der Waals surface area (Å²) in [5.74, 6) is -0.176. The predicted molar refractivity (Wildman–Crippen MR) is 95.3 cm³/mol. The zero-order chi connectivity index (χ0) is 17.1. The molecule has 2 aromatic carbocycles. The first-order valence-corrected chi connectivity index (χ1v) is 8.30. The molecular weight excluding hydrogens is 297 g/mol. The van der Waals surface area contributed by atoms with Gasteiger partial charge in [-0.15, -0.1) is 0 Å². The summed E-state index contributed by atoms with van der Waals surface area (Å²) < 4.78 is 16.0. The van der Waals surface area contributed by atoms with Crippen LogP contribution >= 0.6 is 0 Å². The Balaban J connectivity index is 2.03. The van der Waals surface area contributed by atoms with Gasteiger partial charge in [-0.1, -0.05) is 26.0 Å². The number of benzene rings is 2. The van der Waals surface area contributed by atoms with Gasteiger partial charge in [0.05, 0.1) is 0 Å². The molecule has 0 saturated heterocycles. The standard InChI is InChI=1S/C22H21FN/c1-14-11-20-18(13-16(14)21-7-5-6-10-24(21)4)17-12-15(23)8-9-19(17)22(20,2)3/h5-13H,1-4H3/q+1. The van der Waals surface area contributed by atoms with Crippen LogP contribution in [0.15, 0.2) is 54.7 Å². The van der Waals surface area contributed by atoms with Crippen molar-refractivity contribution in [3.05, 3.63) is 77.2 Å². The van der Waals surface area contributed by atoms with Crippen molar-refractivity contribution in [2.24, 2.45) is 7.05 Å². The number of halogens is 1. The van der Waals surface area contributed by atoms with E-state index in [0.29, 0.717) is 0 Å². The van der Waals surface area contributed by atoms with Gasteiger partial charge in [-0.3, -0.25) is 0 Å². The fourth-order valence-corrected chi connectivity index (χ4v) is 3.96. The first-order valence-electron chi connectivity index (χ1n) is 8.30. The number of aromatic nitrogens is 1. The van der Waals surface area contributed by atoms with Crippen LogP contribution in [0, 0.1) is 12.7 Å². The molecule has 1 heterocycles. The van der Waals surface area contributed by atoms with E-state index in [1.807, 2.05) is 12.1 Å². The molecule has 0 unspecified atom stereocenters. The van der Waals surface area contributed by atoms with Crippen molar-refractivity contribution in [2.45, 2.75) is 26.2 Å². The lowest BCUT2D eigenvalue weighted by Crippen LogP contribution is -2.30. The van der Waals surface area contributed by atoms with Gasteiger partial charge in [0, 0.05) is 23.1 Å². The molecule has 0 fully saturated rings. The highest BCUT2D eigenvalue weighted by molar-refractivity contribution is 5.84. The van der Waals surface area contributed by atoms with Gasteiger partial charge < -0.3 is 0 Å². The predicted octanol–water partition coefficient (Wildman–Crippen LogP) is 4.93. The van der Waals surface area contributed by atoms with Crippen LogP contribution in [0.1, 0.15) is 30.5 Å².